The summed E-state index contributed by atoms with van der Waals surface area (Å²) in [4.78, 5) is 29.4. The zero-order chi connectivity index (χ0) is 20.8. The van der Waals surface area contributed by atoms with Crippen LogP contribution in [0.5, 0.6) is 0 Å². The molecule has 1 unspecified atom stereocenters. The molecule has 0 saturated heterocycles. The number of nitrogens with zero attached hydrogens (tertiary/aromatic N) is 2. The van der Waals surface area contributed by atoms with E-state index in [9.17, 15) is 13.8 Å². The van der Waals surface area contributed by atoms with Gasteiger partial charge in [0, 0.05) is 5.56 Å². The molecule has 1 aromatic heterocycles. The highest BCUT2D eigenvalue weighted by molar-refractivity contribution is 7.84. The maximum atomic E-state index is 12.7. The summed E-state index contributed by atoms with van der Waals surface area (Å²) >= 11 is 6.29. The van der Waals surface area contributed by atoms with Crippen LogP contribution in [0.3, 0.4) is 0 Å². The molecule has 0 fully saturated rings. The van der Waals surface area contributed by atoms with E-state index in [2.05, 4.69) is 9.71 Å². The molecule has 27 heavy (non-hydrogen) atoms. The zero-order valence-corrected chi connectivity index (χ0v) is 18.2. The molecule has 0 saturated carbocycles. The molecule has 1 amide bonds. The molecule has 0 spiro atoms. The van der Waals surface area contributed by atoms with Crippen LogP contribution in [-0.4, -0.2) is 38.5 Å². The molecular weight excluding hydrogens is 390 g/mol. The summed E-state index contributed by atoms with van der Waals surface area (Å²) in [5, 5.41) is 0.0209. The number of nitrogens with one attached hydrogen (secondary N) is 1. The quantitative estimate of drug-likeness (QED) is 0.602. The number of hydrogen-bond donors (Lipinski definition) is 1. The predicted molar refractivity (Wildman–Crippen MR) is 107 cm³/mol. The number of ether oxygens (including phenoxy) is 1. The Labute approximate surface area is 167 Å². The third-order valence-corrected chi connectivity index (χ3v) is 5.93. The van der Waals surface area contributed by atoms with Gasteiger partial charge in [-0.15, -0.1) is 0 Å². The lowest BCUT2D eigenvalue weighted by Gasteiger charge is -2.31. The van der Waals surface area contributed by atoms with Gasteiger partial charge in [0.1, 0.15) is 11.3 Å². The second-order valence-electron chi connectivity index (χ2n) is 8.73. The molecule has 1 aromatic rings. The average Bonchev–Trinajstić information content (AvgIpc) is 2.78. The Kier molecular flexibility index (Phi) is 5.76. The Hall–Kier alpha value is -1.51. The largest absolute Gasteiger partial charge is 0.443 e. The van der Waals surface area contributed by atoms with Crippen LogP contribution < -0.4 is 9.62 Å². The van der Waals surface area contributed by atoms with Crippen LogP contribution >= 0.6 is 11.6 Å². The van der Waals surface area contributed by atoms with E-state index in [0.717, 1.165) is 0 Å². The molecule has 1 aliphatic heterocycles. The molecule has 1 N–H and O–H groups in total. The SMILES string of the molecule is CC(C)(C)OC(=O)N1C[C@](C)(NS(=O)C(C)(C)C)c2cc(C=O)nc(Cl)c21. The van der Waals surface area contributed by atoms with E-state index in [-0.39, 0.29) is 17.4 Å². The summed E-state index contributed by atoms with van der Waals surface area (Å²) in [6, 6.07) is 1.56. The summed E-state index contributed by atoms with van der Waals surface area (Å²) < 4.78 is 20.8. The van der Waals surface area contributed by atoms with Gasteiger partial charge < -0.3 is 4.74 Å². The minimum atomic E-state index is -1.42. The molecule has 150 valence electrons. The fraction of sp³-hybridized carbons (Fsp3) is 0.611. The molecule has 0 aromatic carbocycles. The van der Waals surface area contributed by atoms with E-state index in [1.807, 2.05) is 27.7 Å². The lowest BCUT2D eigenvalue weighted by molar-refractivity contribution is 0.0577. The molecule has 0 bridgehead atoms. The number of carbonyl (C=O) groups excluding carboxylic acids is 2. The van der Waals surface area contributed by atoms with Crippen molar-refractivity contribution in [2.45, 2.75) is 64.4 Å². The summed E-state index contributed by atoms with van der Waals surface area (Å²) in [5.41, 5.74) is -0.514. The fourth-order valence-electron chi connectivity index (χ4n) is 2.66. The Balaban J connectivity index is 2.55. The first-order valence-electron chi connectivity index (χ1n) is 8.54. The first-order valence-corrected chi connectivity index (χ1v) is 10.1. The van der Waals surface area contributed by atoms with Gasteiger partial charge in [0.05, 0.1) is 33.5 Å². The smallest absolute Gasteiger partial charge is 0.414 e. The number of aldehydes is 1. The Morgan fingerprint density at radius 2 is 1.96 bits per heavy atom. The van der Waals surface area contributed by atoms with E-state index in [4.69, 9.17) is 16.3 Å². The van der Waals surface area contributed by atoms with E-state index >= 15 is 0 Å². The van der Waals surface area contributed by atoms with Gasteiger partial charge in [0.25, 0.3) is 0 Å². The van der Waals surface area contributed by atoms with Gasteiger partial charge in [0.2, 0.25) is 0 Å². The maximum Gasteiger partial charge on any atom is 0.414 e. The number of pyridine rings is 1. The van der Waals surface area contributed by atoms with Gasteiger partial charge in [-0.25, -0.2) is 18.7 Å². The standard InChI is InChI=1S/C18H26ClN3O4S/c1-16(2,3)26-15(24)22-10-18(7,21-27(25)17(4,5)6)12-8-11(9-23)20-14(19)13(12)22/h8-9,21H,10H2,1-7H3/t18-,27?/m0/s1. The van der Waals surface area contributed by atoms with Crippen LogP contribution in [0.4, 0.5) is 10.5 Å². The van der Waals surface area contributed by atoms with Gasteiger partial charge in [-0.05, 0) is 54.5 Å². The van der Waals surface area contributed by atoms with Gasteiger partial charge in [-0.3, -0.25) is 9.69 Å². The molecule has 1 aliphatic rings. The molecule has 9 heteroatoms. The van der Waals surface area contributed by atoms with Gasteiger partial charge >= 0.3 is 6.09 Å². The Morgan fingerprint density at radius 3 is 2.44 bits per heavy atom. The lowest BCUT2D eigenvalue weighted by atomic mass is 9.96. The van der Waals surface area contributed by atoms with Crippen molar-refractivity contribution < 1.29 is 18.5 Å². The van der Waals surface area contributed by atoms with Gasteiger partial charge in [0.15, 0.2) is 11.4 Å². The average molecular weight is 416 g/mol. The fourth-order valence-corrected chi connectivity index (χ4v) is 3.85. The van der Waals surface area contributed by atoms with Crippen LogP contribution in [0, 0.1) is 0 Å². The van der Waals surface area contributed by atoms with Gasteiger partial charge in [-0.2, -0.15) is 0 Å². The minimum Gasteiger partial charge on any atom is -0.443 e. The first kappa shape index (κ1) is 21.8. The number of fused-ring (bicyclic) bond motifs is 1. The van der Waals surface area contributed by atoms with Crippen molar-refractivity contribution in [3.05, 3.63) is 22.5 Å². The van der Waals surface area contributed by atoms with Crippen molar-refractivity contribution >= 4 is 40.7 Å². The number of halogens is 1. The Morgan fingerprint density at radius 1 is 1.37 bits per heavy atom. The second kappa shape index (κ2) is 7.14. The van der Waals surface area contributed by atoms with E-state index in [1.165, 1.54) is 4.90 Å². The molecule has 2 atom stereocenters. The monoisotopic (exact) mass is 415 g/mol. The van der Waals surface area contributed by atoms with Crippen molar-refractivity contribution in [3.63, 3.8) is 0 Å². The first-order chi connectivity index (χ1) is 12.2. The van der Waals surface area contributed by atoms with Crippen LogP contribution in [-0.2, 0) is 21.3 Å². The van der Waals surface area contributed by atoms with Crippen molar-refractivity contribution in [1.82, 2.24) is 9.71 Å². The minimum absolute atomic E-state index is 0.0209. The summed E-state index contributed by atoms with van der Waals surface area (Å²) in [6.07, 6.45) is 0.00190. The van der Waals surface area contributed by atoms with Gasteiger partial charge in [-0.1, -0.05) is 11.6 Å². The Bertz CT molecular complexity index is 801. The lowest BCUT2D eigenvalue weighted by Crippen LogP contribution is -2.49. The van der Waals surface area contributed by atoms with Crippen LogP contribution in [0.25, 0.3) is 0 Å². The number of anilines is 1. The number of amides is 1. The van der Waals surface area contributed by atoms with Crippen LogP contribution in [0.2, 0.25) is 5.15 Å². The maximum absolute atomic E-state index is 12.7. The molecule has 2 rings (SSSR count). The topological polar surface area (TPSA) is 88.6 Å². The summed E-state index contributed by atoms with van der Waals surface area (Å²) in [7, 11) is -1.42. The highest BCUT2D eigenvalue weighted by Crippen LogP contribution is 2.44. The molecular formula is C18H26ClN3O4S. The normalized spacial score (nSPS) is 21.0. The molecule has 7 nitrogen and oxygen atoms in total. The number of hydrogen-bond acceptors (Lipinski definition) is 5. The van der Waals surface area contributed by atoms with E-state index in [1.54, 1.807) is 26.8 Å². The van der Waals surface area contributed by atoms with Crippen molar-refractivity contribution in [2.75, 3.05) is 11.4 Å². The third kappa shape index (κ3) is 4.67. The highest BCUT2D eigenvalue weighted by Gasteiger charge is 2.46. The molecule has 2 heterocycles. The summed E-state index contributed by atoms with van der Waals surface area (Å²) in [6.45, 7) is 12.8. The van der Waals surface area contributed by atoms with E-state index < -0.39 is 33.0 Å². The van der Waals surface area contributed by atoms with Crippen molar-refractivity contribution in [2.24, 2.45) is 0 Å². The number of carbonyl (C=O) groups is 2. The predicted octanol–water partition coefficient (Wildman–Crippen LogP) is 3.57. The third-order valence-electron chi connectivity index (χ3n) is 3.92. The highest BCUT2D eigenvalue weighted by atomic mass is 35.5. The van der Waals surface area contributed by atoms with E-state index in [0.29, 0.717) is 17.5 Å². The second-order valence-corrected chi connectivity index (χ2v) is 11.1. The van der Waals surface area contributed by atoms with Crippen molar-refractivity contribution in [1.29, 1.82) is 0 Å². The summed E-state index contributed by atoms with van der Waals surface area (Å²) in [5.74, 6) is 0. The van der Waals surface area contributed by atoms with Crippen molar-refractivity contribution in [3.8, 4) is 0 Å². The van der Waals surface area contributed by atoms with Crippen LogP contribution in [0.15, 0.2) is 6.07 Å². The number of aromatic nitrogens is 1. The number of rotatable bonds is 3. The zero-order valence-electron chi connectivity index (χ0n) is 16.7. The van der Waals surface area contributed by atoms with Crippen LogP contribution in [0.1, 0.15) is 64.5 Å². The molecule has 0 aliphatic carbocycles. The molecule has 0 radical (unpaired) electrons.